The summed E-state index contributed by atoms with van der Waals surface area (Å²) in [5, 5.41) is 12.6. The van der Waals surface area contributed by atoms with E-state index in [0.29, 0.717) is 5.75 Å². The normalized spacial score (nSPS) is 12.7. The average molecular weight is 646 g/mol. The van der Waals surface area contributed by atoms with Gasteiger partial charge in [0.2, 0.25) is 0 Å². The number of nitrogens with one attached hydrogen (secondary N) is 1. The molecule has 1 aliphatic carbocycles. The Morgan fingerprint density at radius 2 is 1.06 bits per heavy atom. The number of benzene rings is 6. The molecule has 6 aromatic carbocycles. The molecule has 0 saturated carbocycles. The van der Waals surface area contributed by atoms with Crippen molar-refractivity contribution in [1.29, 1.82) is 0 Å². The van der Waals surface area contributed by atoms with Gasteiger partial charge < -0.3 is 19.9 Å². The number of ether oxygens (including phenoxy) is 2. The summed E-state index contributed by atoms with van der Waals surface area (Å²) >= 11 is 0. The molecule has 2 N–H and O–H groups in total. The molecule has 0 bridgehead atoms. The van der Waals surface area contributed by atoms with Crippen LogP contribution in [-0.4, -0.2) is 29.8 Å². The smallest absolute Gasteiger partial charge is 0.407 e. The zero-order valence-corrected chi connectivity index (χ0v) is 26.7. The number of aliphatic carboxylic acids is 1. The van der Waals surface area contributed by atoms with Crippen LogP contribution in [0.25, 0.3) is 11.1 Å². The lowest BCUT2D eigenvalue weighted by Gasteiger charge is -2.36. The van der Waals surface area contributed by atoms with Gasteiger partial charge in [0.1, 0.15) is 18.4 Å². The van der Waals surface area contributed by atoms with E-state index in [1.807, 2.05) is 115 Å². The van der Waals surface area contributed by atoms with Gasteiger partial charge in [0, 0.05) is 29.0 Å². The number of carboxylic acid groups (broad SMARTS) is 1. The number of hydrogen-bond acceptors (Lipinski definition) is 4. The molecule has 0 heterocycles. The fraction of sp³-hybridized carbons (Fsp3) is 0.116. The molecule has 1 atom stereocenters. The van der Waals surface area contributed by atoms with Gasteiger partial charge in [0.25, 0.3) is 0 Å². The molecule has 0 saturated heterocycles. The first-order chi connectivity index (χ1) is 24.0. The predicted molar refractivity (Wildman–Crippen MR) is 190 cm³/mol. The summed E-state index contributed by atoms with van der Waals surface area (Å²) < 4.78 is 12.6. The van der Waals surface area contributed by atoms with E-state index in [9.17, 15) is 14.7 Å². The van der Waals surface area contributed by atoms with Crippen LogP contribution in [-0.2, 0) is 21.6 Å². The van der Waals surface area contributed by atoms with Gasteiger partial charge in [-0.3, -0.25) is 0 Å². The van der Waals surface area contributed by atoms with Gasteiger partial charge in [0.05, 0.1) is 0 Å². The molecule has 1 aliphatic rings. The Morgan fingerprint density at radius 1 is 0.612 bits per heavy atom. The Morgan fingerprint density at radius 3 is 1.53 bits per heavy atom. The van der Waals surface area contributed by atoms with Crippen molar-refractivity contribution in [2.75, 3.05) is 6.61 Å². The van der Waals surface area contributed by atoms with Crippen molar-refractivity contribution in [2.24, 2.45) is 0 Å². The molecule has 0 radical (unpaired) electrons. The largest absolute Gasteiger partial charge is 0.480 e. The van der Waals surface area contributed by atoms with E-state index in [1.165, 1.54) is 0 Å². The maximum atomic E-state index is 12.9. The summed E-state index contributed by atoms with van der Waals surface area (Å²) in [6.07, 6.45) is -0.700. The molecule has 1 amide bonds. The molecule has 242 valence electrons. The Kier molecular flexibility index (Phi) is 8.94. The van der Waals surface area contributed by atoms with Gasteiger partial charge in [-0.15, -0.1) is 0 Å². The second-order valence-electron chi connectivity index (χ2n) is 12.1. The van der Waals surface area contributed by atoms with E-state index in [1.54, 1.807) is 0 Å². The summed E-state index contributed by atoms with van der Waals surface area (Å²) in [6.45, 7) is 0.101. The maximum absolute atomic E-state index is 12.9. The number of fused-ring (bicyclic) bond motifs is 3. The van der Waals surface area contributed by atoms with Gasteiger partial charge in [-0.2, -0.15) is 0 Å². The summed E-state index contributed by atoms with van der Waals surface area (Å²) in [6, 6.07) is 52.6. The SMILES string of the molecule is O=C(N[C@@H](Cc1ccc(OC(c2ccccc2)(c2ccccc2)c2ccccc2)cc1)C(=O)O)OCC1c2ccccc2-c2ccccc21. The third kappa shape index (κ3) is 6.41. The molecule has 0 aromatic heterocycles. The topological polar surface area (TPSA) is 84.9 Å². The minimum Gasteiger partial charge on any atom is -0.480 e. The van der Waals surface area contributed by atoms with Crippen molar-refractivity contribution < 1.29 is 24.2 Å². The van der Waals surface area contributed by atoms with E-state index in [-0.39, 0.29) is 18.9 Å². The number of rotatable bonds is 11. The van der Waals surface area contributed by atoms with Gasteiger partial charge in [-0.25, -0.2) is 9.59 Å². The van der Waals surface area contributed by atoms with Crippen LogP contribution in [0.4, 0.5) is 4.79 Å². The minimum atomic E-state index is -1.18. The van der Waals surface area contributed by atoms with Gasteiger partial charge >= 0.3 is 12.1 Å². The maximum Gasteiger partial charge on any atom is 0.407 e. The van der Waals surface area contributed by atoms with Crippen molar-refractivity contribution in [3.63, 3.8) is 0 Å². The lowest BCUT2D eigenvalue weighted by atomic mass is 9.80. The summed E-state index contributed by atoms with van der Waals surface area (Å²) in [7, 11) is 0. The Hall–Kier alpha value is -6.14. The molecule has 0 spiro atoms. The lowest BCUT2D eigenvalue weighted by molar-refractivity contribution is -0.139. The average Bonchev–Trinajstić information content (AvgIpc) is 3.48. The predicted octanol–water partition coefficient (Wildman–Crippen LogP) is 8.59. The van der Waals surface area contributed by atoms with Crippen molar-refractivity contribution in [1.82, 2.24) is 5.32 Å². The van der Waals surface area contributed by atoms with E-state index in [4.69, 9.17) is 9.47 Å². The number of carbonyl (C=O) groups excluding carboxylic acids is 1. The molecule has 6 nitrogen and oxygen atoms in total. The number of hydrogen-bond donors (Lipinski definition) is 2. The number of amides is 1. The minimum absolute atomic E-state index is 0.0704. The van der Waals surface area contributed by atoms with Crippen molar-refractivity contribution in [3.8, 4) is 16.9 Å². The molecule has 6 heteroatoms. The molecule has 6 aromatic rings. The van der Waals surface area contributed by atoms with Crippen LogP contribution in [0, 0.1) is 0 Å². The fourth-order valence-corrected chi connectivity index (χ4v) is 6.78. The zero-order chi connectivity index (χ0) is 33.6. The van der Waals surface area contributed by atoms with Crippen LogP contribution >= 0.6 is 0 Å². The molecule has 7 rings (SSSR count). The Bertz CT molecular complexity index is 1900. The second kappa shape index (κ2) is 13.9. The fourth-order valence-electron chi connectivity index (χ4n) is 6.78. The highest BCUT2D eigenvalue weighted by molar-refractivity contribution is 5.81. The monoisotopic (exact) mass is 645 g/mol. The highest BCUT2D eigenvalue weighted by Gasteiger charge is 2.39. The zero-order valence-electron chi connectivity index (χ0n) is 26.7. The van der Waals surface area contributed by atoms with Crippen LogP contribution in [0.1, 0.15) is 39.3 Å². The standard InChI is InChI=1S/C43H35NO5/c45-41(46)40(44-42(47)48-29-39-37-22-12-10-20-35(37)36-21-11-13-23-38(36)39)28-30-24-26-34(27-25-30)49-43(31-14-4-1-5-15-31,32-16-6-2-7-17-32)33-18-8-3-9-19-33/h1-27,39-40H,28-29H2,(H,44,47)(H,45,46)/t40-/m0/s1. The summed E-state index contributed by atoms with van der Waals surface area (Å²) in [5.41, 5.74) is 7.10. The van der Waals surface area contributed by atoms with Crippen molar-refractivity contribution in [3.05, 3.63) is 197 Å². The Labute approximate surface area is 285 Å². The molecule has 49 heavy (non-hydrogen) atoms. The molecular formula is C43H35NO5. The quantitative estimate of drug-likeness (QED) is 0.138. The number of carboxylic acids is 1. The van der Waals surface area contributed by atoms with E-state index in [0.717, 1.165) is 44.5 Å². The third-order valence-electron chi connectivity index (χ3n) is 9.11. The van der Waals surface area contributed by atoms with E-state index in [2.05, 4.69) is 53.8 Å². The van der Waals surface area contributed by atoms with Gasteiger partial charge in [-0.05, 0) is 39.9 Å². The number of carbonyl (C=O) groups is 2. The van der Waals surface area contributed by atoms with Crippen LogP contribution in [0.2, 0.25) is 0 Å². The first-order valence-corrected chi connectivity index (χ1v) is 16.3. The second-order valence-corrected chi connectivity index (χ2v) is 12.1. The molecular weight excluding hydrogens is 610 g/mol. The Balaban J connectivity index is 1.07. The molecule has 0 aliphatic heterocycles. The molecule has 0 fully saturated rings. The van der Waals surface area contributed by atoms with Crippen molar-refractivity contribution >= 4 is 12.1 Å². The van der Waals surface area contributed by atoms with Crippen molar-refractivity contribution in [2.45, 2.75) is 24.0 Å². The molecule has 0 unspecified atom stereocenters. The first-order valence-electron chi connectivity index (χ1n) is 16.3. The van der Waals surface area contributed by atoms with Crippen LogP contribution < -0.4 is 10.1 Å². The highest BCUT2D eigenvalue weighted by atomic mass is 16.5. The van der Waals surface area contributed by atoms with E-state index >= 15 is 0 Å². The first kappa shape index (κ1) is 31.5. The third-order valence-corrected chi connectivity index (χ3v) is 9.11. The van der Waals surface area contributed by atoms with Gasteiger partial charge in [-0.1, -0.05) is 152 Å². The van der Waals surface area contributed by atoms with Crippen LogP contribution in [0.3, 0.4) is 0 Å². The lowest BCUT2D eigenvalue weighted by Crippen LogP contribution is -2.42. The van der Waals surface area contributed by atoms with Crippen LogP contribution in [0.15, 0.2) is 164 Å². The van der Waals surface area contributed by atoms with Crippen LogP contribution in [0.5, 0.6) is 5.75 Å². The van der Waals surface area contributed by atoms with Gasteiger partial charge in [0.15, 0.2) is 5.60 Å². The summed E-state index contributed by atoms with van der Waals surface area (Å²) in [4.78, 5) is 25.2. The van der Waals surface area contributed by atoms with E-state index < -0.39 is 23.7 Å². The summed E-state index contributed by atoms with van der Waals surface area (Å²) in [5.74, 6) is -0.662. The highest BCUT2D eigenvalue weighted by Crippen LogP contribution is 2.45. The number of alkyl carbamates (subject to hydrolysis) is 1.